The van der Waals surface area contributed by atoms with E-state index in [4.69, 9.17) is 14.6 Å². The molecule has 1 fully saturated rings. The second-order valence-corrected chi connectivity index (χ2v) is 7.48. The molecule has 7 nitrogen and oxygen atoms in total. The number of aliphatic hydroxyl groups excluding tert-OH is 1. The fourth-order valence-electron chi connectivity index (χ4n) is 3.75. The zero-order valence-corrected chi connectivity index (χ0v) is 17.2. The first-order valence-electron chi connectivity index (χ1n) is 9.43. The van der Waals surface area contributed by atoms with Gasteiger partial charge in [-0.3, -0.25) is 4.79 Å². The van der Waals surface area contributed by atoms with Crippen molar-refractivity contribution in [2.75, 3.05) is 12.4 Å². The first-order valence-corrected chi connectivity index (χ1v) is 9.43. The normalized spacial score (nSPS) is 25.6. The molecule has 1 aliphatic rings. The highest BCUT2D eigenvalue weighted by Crippen LogP contribution is 2.54. The molecule has 1 amide bonds. The second-order valence-electron chi connectivity index (χ2n) is 7.48. The molecule has 1 aromatic heterocycles. The monoisotopic (exact) mass is 461 g/mol. The molecule has 4 atom stereocenters. The predicted molar refractivity (Wildman–Crippen MR) is 101 cm³/mol. The van der Waals surface area contributed by atoms with Gasteiger partial charge in [-0.15, -0.1) is 0 Å². The number of aliphatic hydroxyl groups is 1. The van der Waals surface area contributed by atoms with Crippen molar-refractivity contribution < 1.29 is 41.3 Å². The lowest BCUT2D eigenvalue weighted by Gasteiger charge is -2.32. The molecule has 2 aromatic rings. The van der Waals surface area contributed by atoms with E-state index in [1.807, 2.05) is 0 Å². The van der Waals surface area contributed by atoms with Crippen LogP contribution in [0.4, 0.5) is 27.6 Å². The van der Waals surface area contributed by atoms with Crippen LogP contribution in [0.5, 0.6) is 5.75 Å². The summed E-state index contributed by atoms with van der Waals surface area (Å²) in [6, 6.07) is 1.82. The summed E-state index contributed by atoms with van der Waals surface area (Å²) >= 11 is 0. The van der Waals surface area contributed by atoms with Crippen LogP contribution in [0.1, 0.15) is 31.2 Å². The summed E-state index contributed by atoms with van der Waals surface area (Å²) in [6.45, 7) is 1.56. The summed E-state index contributed by atoms with van der Waals surface area (Å²) in [5, 5.41) is 11.4. The number of alkyl halides is 3. The highest BCUT2D eigenvalue weighted by atomic mass is 19.4. The van der Waals surface area contributed by atoms with E-state index in [2.05, 4.69) is 15.3 Å². The van der Waals surface area contributed by atoms with Gasteiger partial charge in [0, 0.05) is 17.4 Å². The Kier molecular flexibility index (Phi) is 6.38. The standard InChI is InChI=1S/C20H20F5N3O4/c1-9-14(11-4-5-12(21)15(22)16(11)31-3)17(32-19(9,2)20(23,24)25)18(30)28-10-6-26-13(8-29)27-7-10/h4-7,9,14,17,29H,8H2,1-3H3,(H,28,30). The number of halogens is 5. The maximum atomic E-state index is 14.3. The van der Waals surface area contributed by atoms with Crippen molar-refractivity contribution in [1.82, 2.24) is 9.97 Å². The predicted octanol–water partition coefficient (Wildman–Crippen LogP) is 3.33. The van der Waals surface area contributed by atoms with Gasteiger partial charge in [0.05, 0.1) is 25.2 Å². The molecule has 0 spiro atoms. The molecule has 2 N–H and O–H groups in total. The summed E-state index contributed by atoms with van der Waals surface area (Å²) in [5.41, 5.74) is -2.86. The van der Waals surface area contributed by atoms with Gasteiger partial charge in [-0.25, -0.2) is 14.4 Å². The van der Waals surface area contributed by atoms with Gasteiger partial charge >= 0.3 is 6.18 Å². The molecule has 1 saturated heterocycles. The first kappa shape index (κ1) is 23.8. The van der Waals surface area contributed by atoms with E-state index in [0.29, 0.717) is 0 Å². The Labute approximate surface area is 179 Å². The Morgan fingerprint density at radius 3 is 2.44 bits per heavy atom. The molecule has 1 aromatic carbocycles. The van der Waals surface area contributed by atoms with Crippen molar-refractivity contribution in [3.05, 3.63) is 47.5 Å². The highest BCUT2D eigenvalue weighted by molar-refractivity contribution is 5.95. The SMILES string of the molecule is COc1c(C2C(C(=O)Nc3cnc(CO)nc3)OC(C)(C(F)(F)F)C2C)ccc(F)c1F. The zero-order valence-electron chi connectivity index (χ0n) is 17.2. The average Bonchev–Trinajstić information content (AvgIpc) is 3.02. The Bertz CT molecular complexity index is 1000. The van der Waals surface area contributed by atoms with Gasteiger partial charge in [-0.05, 0) is 13.0 Å². The minimum atomic E-state index is -4.86. The Hall–Kier alpha value is -2.86. The topological polar surface area (TPSA) is 93.6 Å². The third-order valence-electron chi connectivity index (χ3n) is 5.68. The van der Waals surface area contributed by atoms with Gasteiger partial charge < -0.3 is 19.9 Å². The summed E-state index contributed by atoms with van der Waals surface area (Å²) in [7, 11) is 1.04. The average molecular weight is 461 g/mol. The number of rotatable bonds is 5. The van der Waals surface area contributed by atoms with Crippen molar-refractivity contribution in [3.8, 4) is 5.75 Å². The molecule has 0 radical (unpaired) electrons. The second kappa shape index (κ2) is 8.58. The largest absolute Gasteiger partial charge is 0.493 e. The Morgan fingerprint density at radius 2 is 1.91 bits per heavy atom. The van der Waals surface area contributed by atoms with E-state index in [1.54, 1.807) is 0 Å². The fraction of sp³-hybridized carbons (Fsp3) is 0.450. The third-order valence-corrected chi connectivity index (χ3v) is 5.68. The lowest BCUT2D eigenvalue weighted by molar-refractivity contribution is -0.272. The number of aromatic nitrogens is 2. The maximum Gasteiger partial charge on any atom is 0.417 e. The zero-order chi connectivity index (χ0) is 23.8. The highest BCUT2D eigenvalue weighted by Gasteiger charge is 2.65. The number of ether oxygens (including phenoxy) is 2. The van der Waals surface area contributed by atoms with Crippen molar-refractivity contribution >= 4 is 11.6 Å². The van der Waals surface area contributed by atoms with Gasteiger partial charge in [-0.1, -0.05) is 13.0 Å². The molecule has 12 heteroatoms. The van der Waals surface area contributed by atoms with Gasteiger partial charge in [0.15, 0.2) is 23.0 Å². The van der Waals surface area contributed by atoms with E-state index in [9.17, 15) is 26.7 Å². The number of amides is 1. The summed E-state index contributed by atoms with van der Waals surface area (Å²) in [5.74, 6) is -6.84. The molecule has 174 valence electrons. The molecule has 3 rings (SSSR count). The van der Waals surface area contributed by atoms with Gasteiger partial charge in [-0.2, -0.15) is 17.6 Å². The lowest BCUT2D eigenvalue weighted by atomic mass is 9.77. The van der Waals surface area contributed by atoms with Crippen LogP contribution >= 0.6 is 0 Å². The fourth-order valence-corrected chi connectivity index (χ4v) is 3.75. The minimum absolute atomic E-state index is 0.0417. The van der Waals surface area contributed by atoms with Crippen LogP contribution in [0, 0.1) is 17.6 Å². The van der Waals surface area contributed by atoms with Crippen LogP contribution in [0.15, 0.2) is 24.5 Å². The molecule has 32 heavy (non-hydrogen) atoms. The smallest absolute Gasteiger partial charge is 0.417 e. The van der Waals surface area contributed by atoms with Crippen LogP contribution in [0.2, 0.25) is 0 Å². The van der Waals surface area contributed by atoms with Crippen molar-refractivity contribution in [2.45, 2.75) is 44.3 Å². The number of nitrogens with one attached hydrogen (secondary N) is 1. The van der Waals surface area contributed by atoms with Crippen molar-refractivity contribution in [2.24, 2.45) is 5.92 Å². The Morgan fingerprint density at radius 1 is 1.28 bits per heavy atom. The number of hydrogen-bond acceptors (Lipinski definition) is 6. The third kappa shape index (κ3) is 3.99. The van der Waals surface area contributed by atoms with Crippen molar-refractivity contribution in [3.63, 3.8) is 0 Å². The number of carbonyl (C=O) groups excluding carboxylic acids is 1. The number of hydrogen-bond donors (Lipinski definition) is 2. The van der Waals surface area contributed by atoms with E-state index in [-0.39, 0.29) is 17.1 Å². The van der Waals surface area contributed by atoms with Crippen LogP contribution in [0.25, 0.3) is 0 Å². The summed E-state index contributed by atoms with van der Waals surface area (Å²) in [4.78, 5) is 20.5. The van der Waals surface area contributed by atoms with Crippen molar-refractivity contribution in [1.29, 1.82) is 0 Å². The van der Waals surface area contributed by atoms with Crippen LogP contribution in [0.3, 0.4) is 0 Å². The number of methoxy groups -OCH3 is 1. The molecule has 2 heterocycles. The number of anilines is 1. The van der Waals surface area contributed by atoms with E-state index >= 15 is 0 Å². The molecule has 0 bridgehead atoms. The number of nitrogens with zero attached hydrogens (tertiary/aromatic N) is 2. The van der Waals surface area contributed by atoms with Crippen LogP contribution in [-0.4, -0.2) is 46.0 Å². The lowest BCUT2D eigenvalue weighted by Crippen LogP contribution is -2.47. The number of benzene rings is 1. The van der Waals surface area contributed by atoms with Gasteiger partial charge in [0.25, 0.3) is 5.91 Å². The van der Waals surface area contributed by atoms with Crippen LogP contribution in [-0.2, 0) is 16.1 Å². The van der Waals surface area contributed by atoms with Gasteiger partial charge in [0.1, 0.15) is 12.7 Å². The Balaban J connectivity index is 2.05. The molecule has 0 saturated carbocycles. The molecule has 4 unspecified atom stereocenters. The van der Waals surface area contributed by atoms with E-state index < -0.39 is 59.6 Å². The summed E-state index contributed by atoms with van der Waals surface area (Å²) in [6.07, 6.45) is -4.28. The molecular formula is C20H20F5N3O4. The molecular weight excluding hydrogens is 441 g/mol. The maximum absolute atomic E-state index is 14.3. The summed E-state index contributed by atoms with van der Waals surface area (Å²) < 4.78 is 79.9. The minimum Gasteiger partial charge on any atom is -0.493 e. The molecule has 1 aliphatic heterocycles. The first-order chi connectivity index (χ1) is 14.9. The number of carbonyl (C=O) groups is 1. The van der Waals surface area contributed by atoms with Crippen LogP contribution < -0.4 is 10.1 Å². The van der Waals surface area contributed by atoms with E-state index in [1.165, 1.54) is 6.92 Å². The van der Waals surface area contributed by atoms with Gasteiger partial charge in [0.2, 0.25) is 5.82 Å². The van der Waals surface area contributed by atoms with E-state index in [0.717, 1.165) is 38.6 Å². The molecule has 0 aliphatic carbocycles. The quantitative estimate of drug-likeness (QED) is 0.664.